The van der Waals surface area contributed by atoms with Gasteiger partial charge in [0.15, 0.2) is 0 Å². The number of carbonyl (C=O) groups is 1. The molecule has 29 heavy (non-hydrogen) atoms. The van der Waals surface area contributed by atoms with Crippen molar-refractivity contribution in [3.8, 4) is 0 Å². The molecule has 0 aromatic heterocycles. The molecule has 0 N–H and O–H groups in total. The van der Waals surface area contributed by atoms with Crippen molar-refractivity contribution in [1.29, 1.82) is 0 Å². The summed E-state index contributed by atoms with van der Waals surface area (Å²) in [5.41, 5.74) is 2.30. The Morgan fingerprint density at radius 2 is 1.62 bits per heavy atom. The Morgan fingerprint density at radius 1 is 1.00 bits per heavy atom. The van der Waals surface area contributed by atoms with Crippen LogP contribution in [0.1, 0.15) is 25.3 Å². The van der Waals surface area contributed by atoms with E-state index < -0.39 is 10.0 Å². The molecule has 1 fully saturated rings. The van der Waals surface area contributed by atoms with Gasteiger partial charge in [-0.15, -0.1) is 0 Å². The molecule has 0 radical (unpaired) electrons. The number of rotatable bonds is 4. The van der Waals surface area contributed by atoms with E-state index in [-0.39, 0.29) is 16.5 Å². The summed E-state index contributed by atoms with van der Waals surface area (Å²) in [5, 5.41) is 0. The fourth-order valence-corrected chi connectivity index (χ4v) is 5.50. The van der Waals surface area contributed by atoms with Gasteiger partial charge >= 0.3 is 0 Å². The third-order valence-corrected chi connectivity index (χ3v) is 7.39. The summed E-state index contributed by atoms with van der Waals surface area (Å²) in [4.78, 5) is 17.8. The summed E-state index contributed by atoms with van der Waals surface area (Å²) in [7, 11) is -2.32. The Balaban J connectivity index is 1.94. The number of amides is 1. The average molecular weight is 412 g/mol. The highest BCUT2D eigenvalue weighted by Crippen LogP contribution is 2.40. The third kappa shape index (κ3) is 3.19. The fraction of sp³-hybridized carbons (Fsp3) is 0.318. The normalized spacial score (nSPS) is 18.0. The van der Waals surface area contributed by atoms with Crippen molar-refractivity contribution in [3.63, 3.8) is 0 Å². The van der Waals surface area contributed by atoms with Gasteiger partial charge in [0.25, 0.3) is 15.9 Å². The largest absolute Gasteiger partial charge is 0.369 e. The highest BCUT2D eigenvalue weighted by Gasteiger charge is 2.41. The Bertz CT molecular complexity index is 1060. The van der Waals surface area contributed by atoms with E-state index >= 15 is 0 Å². The van der Waals surface area contributed by atoms with Crippen LogP contribution >= 0.6 is 0 Å². The first-order valence-corrected chi connectivity index (χ1v) is 11.3. The van der Waals surface area contributed by atoms with Gasteiger partial charge in [-0.25, -0.2) is 8.42 Å². The van der Waals surface area contributed by atoms with Crippen LogP contribution in [0, 0.1) is 0 Å². The van der Waals surface area contributed by atoms with Crippen molar-refractivity contribution in [2.45, 2.75) is 24.7 Å². The molecular formula is C22H25N3O3S. The molecule has 2 aliphatic rings. The van der Waals surface area contributed by atoms with Crippen LogP contribution in [0.4, 0.5) is 5.69 Å². The Hall–Kier alpha value is -2.80. The molecule has 0 saturated carbocycles. The average Bonchev–Trinajstić information content (AvgIpc) is 3.26. The van der Waals surface area contributed by atoms with Crippen molar-refractivity contribution < 1.29 is 13.2 Å². The molecule has 0 unspecified atom stereocenters. The van der Waals surface area contributed by atoms with Crippen molar-refractivity contribution >= 4 is 27.3 Å². The van der Waals surface area contributed by atoms with Crippen LogP contribution in [-0.4, -0.2) is 50.2 Å². The summed E-state index contributed by atoms with van der Waals surface area (Å²) in [6.07, 6.45) is 2.06. The van der Waals surface area contributed by atoms with Crippen molar-refractivity contribution in [3.05, 3.63) is 65.9 Å². The van der Waals surface area contributed by atoms with Crippen LogP contribution in [0.25, 0.3) is 5.70 Å². The number of likely N-dealkylation sites (N-methyl/N-ethyl adjacent to an activating group) is 2. The van der Waals surface area contributed by atoms with E-state index in [9.17, 15) is 13.2 Å². The summed E-state index contributed by atoms with van der Waals surface area (Å²) < 4.78 is 27.6. The smallest absolute Gasteiger partial charge is 0.277 e. The fourth-order valence-electron chi connectivity index (χ4n) is 4.11. The summed E-state index contributed by atoms with van der Waals surface area (Å²) in [5.74, 6) is -0.304. The van der Waals surface area contributed by atoms with Crippen LogP contribution < -0.4 is 4.90 Å². The Labute approximate surface area is 172 Å². The zero-order chi connectivity index (χ0) is 20.6. The minimum atomic E-state index is -3.80. The van der Waals surface area contributed by atoms with Crippen LogP contribution in [0.5, 0.6) is 0 Å². The number of anilines is 1. The molecule has 0 atom stereocenters. The van der Waals surface area contributed by atoms with Gasteiger partial charge in [-0.1, -0.05) is 36.4 Å². The molecule has 2 aromatic rings. The predicted octanol–water partition coefficient (Wildman–Crippen LogP) is 3.14. The number of hydrogen-bond donors (Lipinski definition) is 0. The minimum Gasteiger partial charge on any atom is -0.369 e. The van der Waals surface area contributed by atoms with Gasteiger partial charge in [-0.3, -0.25) is 9.10 Å². The summed E-state index contributed by atoms with van der Waals surface area (Å²) in [6, 6.07) is 16.3. The first-order valence-electron chi connectivity index (χ1n) is 9.91. The summed E-state index contributed by atoms with van der Waals surface area (Å²) >= 11 is 0. The molecule has 1 amide bonds. The van der Waals surface area contributed by atoms with Crippen molar-refractivity contribution in [2.75, 3.05) is 31.6 Å². The van der Waals surface area contributed by atoms with E-state index in [1.165, 1.54) is 7.05 Å². The quantitative estimate of drug-likeness (QED) is 0.776. The van der Waals surface area contributed by atoms with E-state index in [1.807, 2.05) is 43.3 Å². The van der Waals surface area contributed by atoms with Crippen LogP contribution in [-0.2, 0) is 14.8 Å². The standard InChI is InChI=1S/C22H25N3O3S/c1-3-25(17-11-5-4-6-12-17)22(26)21-20(24-15-9-10-16-24)18-13-7-8-14-19(18)29(27,28)23(21)2/h4-8,11-14H,3,9-10,15-16H2,1-2H3. The lowest BCUT2D eigenvalue weighted by Crippen LogP contribution is -2.44. The Morgan fingerprint density at radius 3 is 2.28 bits per heavy atom. The lowest BCUT2D eigenvalue weighted by atomic mass is 10.1. The summed E-state index contributed by atoms with van der Waals surface area (Å²) in [6.45, 7) is 3.96. The molecule has 6 nitrogen and oxygen atoms in total. The number of carbonyl (C=O) groups excluding carboxylic acids is 1. The second-order valence-electron chi connectivity index (χ2n) is 7.25. The maximum Gasteiger partial charge on any atom is 0.277 e. The number of nitrogens with zero attached hydrogens (tertiary/aromatic N) is 3. The second-order valence-corrected chi connectivity index (χ2v) is 9.18. The van der Waals surface area contributed by atoms with Gasteiger partial charge in [0, 0.05) is 37.9 Å². The number of hydrogen-bond acceptors (Lipinski definition) is 4. The molecule has 2 aromatic carbocycles. The second kappa shape index (κ2) is 7.55. The molecule has 4 rings (SSSR count). The maximum atomic E-state index is 13.7. The molecular weight excluding hydrogens is 386 g/mol. The van der Waals surface area contributed by atoms with Crippen LogP contribution in [0.2, 0.25) is 0 Å². The van der Waals surface area contributed by atoms with Crippen LogP contribution in [0.3, 0.4) is 0 Å². The van der Waals surface area contributed by atoms with E-state index in [2.05, 4.69) is 4.90 Å². The zero-order valence-corrected chi connectivity index (χ0v) is 17.5. The Kier molecular flexibility index (Phi) is 5.08. The first-order chi connectivity index (χ1) is 14.0. The van der Waals surface area contributed by atoms with Gasteiger partial charge in [0.05, 0.1) is 10.6 Å². The lowest BCUT2D eigenvalue weighted by Gasteiger charge is -2.36. The molecule has 152 valence electrons. The topological polar surface area (TPSA) is 60.9 Å². The van der Waals surface area contributed by atoms with Gasteiger partial charge in [-0.05, 0) is 38.0 Å². The van der Waals surface area contributed by atoms with Crippen LogP contribution in [0.15, 0.2) is 65.2 Å². The van der Waals surface area contributed by atoms with E-state index in [0.29, 0.717) is 12.1 Å². The van der Waals surface area contributed by atoms with E-state index in [4.69, 9.17) is 0 Å². The zero-order valence-electron chi connectivity index (χ0n) is 16.7. The number of fused-ring (bicyclic) bond motifs is 1. The number of para-hydroxylation sites is 1. The third-order valence-electron chi connectivity index (χ3n) is 5.57. The predicted molar refractivity (Wildman–Crippen MR) is 114 cm³/mol. The minimum absolute atomic E-state index is 0.219. The molecule has 0 aliphatic carbocycles. The molecule has 7 heteroatoms. The maximum absolute atomic E-state index is 13.7. The molecule has 2 heterocycles. The highest BCUT2D eigenvalue weighted by molar-refractivity contribution is 7.89. The van der Waals surface area contributed by atoms with E-state index in [0.717, 1.165) is 41.6 Å². The lowest BCUT2D eigenvalue weighted by molar-refractivity contribution is -0.116. The first kappa shape index (κ1) is 19.5. The molecule has 1 saturated heterocycles. The highest BCUT2D eigenvalue weighted by atomic mass is 32.2. The van der Waals surface area contributed by atoms with Gasteiger partial charge < -0.3 is 9.80 Å². The van der Waals surface area contributed by atoms with Gasteiger partial charge in [0.2, 0.25) is 0 Å². The van der Waals surface area contributed by atoms with E-state index in [1.54, 1.807) is 23.1 Å². The molecule has 0 bridgehead atoms. The SMILES string of the molecule is CCN(C(=O)C1=C(N2CCCC2)c2ccccc2S(=O)(=O)N1C)c1ccccc1. The van der Waals surface area contributed by atoms with Crippen molar-refractivity contribution in [2.24, 2.45) is 0 Å². The van der Waals surface area contributed by atoms with Gasteiger partial charge in [0.1, 0.15) is 5.70 Å². The monoisotopic (exact) mass is 411 g/mol. The number of sulfonamides is 1. The van der Waals surface area contributed by atoms with Gasteiger partial charge in [-0.2, -0.15) is 0 Å². The number of benzene rings is 2. The van der Waals surface area contributed by atoms with Crippen molar-refractivity contribution in [1.82, 2.24) is 9.21 Å². The number of likely N-dealkylation sites (tertiary alicyclic amines) is 1. The molecule has 0 spiro atoms. The molecule has 2 aliphatic heterocycles.